The predicted molar refractivity (Wildman–Crippen MR) is 83.0 cm³/mol. The van der Waals surface area contributed by atoms with E-state index in [-0.39, 0.29) is 11.8 Å². The summed E-state index contributed by atoms with van der Waals surface area (Å²) in [7, 11) is 0. The Kier molecular flexibility index (Phi) is 2.61. The van der Waals surface area contributed by atoms with Gasteiger partial charge in [0.25, 0.3) is 0 Å². The van der Waals surface area contributed by atoms with Crippen LogP contribution >= 0.6 is 0 Å². The van der Waals surface area contributed by atoms with Gasteiger partial charge >= 0.3 is 0 Å². The molecule has 1 aromatic heterocycles. The third-order valence-corrected chi connectivity index (χ3v) is 4.22. The van der Waals surface area contributed by atoms with Crippen molar-refractivity contribution in [2.24, 2.45) is 0 Å². The van der Waals surface area contributed by atoms with Crippen molar-refractivity contribution >= 4 is 27.6 Å². The maximum Gasteiger partial charge on any atom is 0.231 e. The zero-order valence-electron chi connectivity index (χ0n) is 11.6. The van der Waals surface area contributed by atoms with Crippen LogP contribution in [0.15, 0.2) is 59.4 Å². The summed E-state index contributed by atoms with van der Waals surface area (Å²) in [5.41, 5.74) is 2.61. The van der Waals surface area contributed by atoms with Crippen LogP contribution in [0, 0.1) is 0 Å². The average molecular weight is 277 g/mol. The van der Waals surface area contributed by atoms with Gasteiger partial charge < -0.3 is 9.73 Å². The van der Waals surface area contributed by atoms with E-state index in [1.165, 1.54) is 0 Å². The second-order valence-corrected chi connectivity index (χ2v) is 5.53. The van der Waals surface area contributed by atoms with Crippen molar-refractivity contribution in [1.82, 2.24) is 5.32 Å². The molecule has 4 rings (SSSR count). The molecular formula is C18H15NO2. The Morgan fingerprint density at radius 3 is 2.90 bits per heavy atom. The quantitative estimate of drug-likeness (QED) is 0.727. The first-order chi connectivity index (χ1) is 10.2. The Morgan fingerprint density at radius 2 is 2.05 bits per heavy atom. The van der Waals surface area contributed by atoms with Crippen LogP contribution in [0.25, 0.3) is 21.7 Å². The first-order valence-electron chi connectivity index (χ1n) is 7.11. The highest BCUT2D eigenvalue weighted by molar-refractivity contribution is 6.09. The van der Waals surface area contributed by atoms with Gasteiger partial charge in [0, 0.05) is 16.6 Å². The Labute approximate surface area is 122 Å². The van der Waals surface area contributed by atoms with Crippen LogP contribution in [0.3, 0.4) is 0 Å². The summed E-state index contributed by atoms with van der Waals surface area (Å²) < 4.78 is 5.68. The molecule has 0 radical (unpaired) electrons. The van der Waals surface area contributed by atoms with Crippen LogP contribution in [-0.2, 0) is 4.79 Å². The van der Waals surface area contributed by atoms with Gasteiger partial charge in [-0.3, -0.25) is 4.79 Å². The predicted octanol–water partition coefficient (Wildman–Crippen LogP) is 4.09. The molecule has 21 heavy (non-hydrogen) atoms. The van der Waals surface area contributed by atoms with E-state index in [9.17, 15) is 4.79 Å². The highest BCUT2D eigenvalue weighted by atomic mass is 16.3. The highest BCUT2D eigenvalue weighted by Crippen LogP contribution is 2.37. The van der Waals surface area contributed by atoms with Crippen LogP contribution in [-0.4, -0.2) is 5.91 Å². The van der Waals surface area contributed by atoms with Gasteiger partial charge in [-0.2, -0.15) is 0 Å². The molecule has 1 saturated heterocycles. The van der Waals surface area contributed by atoms with E-state index in [0.717, 1.165) is 45.8 Å². The maximum atomic E-state index is 12.3. The molecule has 0 saturated carbocycles. The van der Waals surface area contributed by atoms with Crippen LogP contribution in [0.5, 0.6) is 0 Å². The second kappa shape index (κ2) is 4.48. The summed E-state index contributed by atoms with van der Waals surface area (Å²) in [5.74, 6) is -0.149. The fraction of sp³-hybridized carbons (Fsp3) is 0.167. The van der Waals surface area contributed by atoms with Crippen LogP contribution in [0.4, 0.5) is 0 Å². The molecule has 2 heterocycles. The van der Waals surface area contributed by atoms with E-state index in [0.29, 0.717) is 0 Å². The van der Waals surface area contributed by atoms with E-state index in [1.807, 2.05) is 24.3 Å². The number of hydrogen-bond donors (Lipinski definition) is 1. The highest BCUT2D eigenvalue weighted by Gasteiger charge is 2.28. The summed E-state index contributed by atoms with van der Waals surface area (Å²) in [5, 5.41) is 6.21. The van der Waals surface area contributed by atoms with E-state index >= 15 is 0 Å². The molecule has 0 unspecified atom stereocenters. The van der Waals surface area contributed by atoms with Crippen LogP contribution < -0.4 is 5.32 Å². The number of rotatable bonds is 1. The minimum atomic E-state index is -0.164. The molecule has 1 N–H and O–H groups in total. The molecule has 1 aliphatic heterocycles. The average Bonchev–Trinajstić information content (AvgIpc) is 2.91. The number of hydrogen-bond acceptors (Lipinski definition) is 2. The van der Waals surface area contributed by atoms with Crippen molar-refractivity contribution in [3.8, 4) is 0 Å². The molecule has 3 nitrogen and oxygen atoms in total. The molecule has 3 heteroatoms. The van der Waals surface area contributed by atoms with Crippen LogP contribution in [0.2, 0.25) is 0 Å². The van der Waals surface area contributed by atoms with Crippen molar-refractivity contribution in [3.05, 3.63) is 60.5 Å². The number of benzene rings is 2. The normalized spacial score (nSPS) is 19.1. The number of amides is 1. The number of fused-ring (bicyclic) bond motifs is 3. The van der Waals surface area contributed by atoms with Crippen molar-refractivity contribution in [1.29, 1.82) is 0 Å². The molecule has 1 atom stereocenters. The monoisotopic (exact) mass is 277 g/mol. The van der Waals surface area contributed by atoms with Gasteiger partial charge in [-0.15, -0.1) is 0 Å². The number of furan rings is 1. The molecule has 0 spiro atoms. The lowest BCUT2D eigenvalue weighted by Crippen LogP contribution is -2.33. The lowest BCUT2D eigenvalue weighted by Gasteiger charge is -2.23. The lowest BCUT2D eigenvalue weighted by molar-refractivity contribution is -0.122. The Balaban J connectivity index is 1.95. The number of carbonyl (C=O) groups is 1. The molecule has 1 fully saturated rings. The summed E-state index contributed by atoms with van der Waals surface area (Å²) in [4.78, 5) is 12.3. The van der Waals surface area contributed by atoms with Gasteiger partial charge in [0.2, 0.25) is 5.91 Å². The van der Waals surface area contributed by atoms with Crippen LogP contribution in [0.1, 0.15) is 24.3 Å². The van der Waals surface area contributed by atoms with E-state index in [1.54, 1.807) is 6.26 Å². The fourth-order valence-corrected chi connectivity index (χ4v) is 3.16. The summed E-state index contributed by atoms with van der Waals surface area (Å²) in [6.07, 6.45) is 3.33. The molecule has 0 bridgehead atoms. The van der Waals surface area contributed by atoms with E-state index in [4.69, 9.17) is 4.42 Å². The van der Waals surface area contributed by atoms with Gasteiger partial charge in [-0.05, 0) is 29.7 Å². The first kappa shape index (κ1) is 12.2. The van der Waals surface area contributed by atoms with Crippen molar-refractivity contribution in [3.63, 3.8) is 0 Å². The SMILES string of the molecule is C=C1CC[C@H](c2coc3ccc4ccccc4c23)C(=O)N1. The zero-order valence-corrected chi connectivity index (χ0v) is 11.6. The molecule has 1 aliphatic rings. The first-order valence-corrected chi connectivity index (χ1v) is 7.11. The number of carbonyl (C=O) groups excluding carboxylic acids is 1. The smallest absolute Gasteiger partial charge is 0.231 e. The molecule has 104 valence electrons. The van der Waals surface area contributed by atoms with Crippen molar-refractivity contribution < 1.29 is 9.21 Å². The summed E-state index contributed by atoms with van der Waals surface area (Å²) in [6, 6.07) is 12.2. The lowest BCUT2D eigenvalue weighted by atomic mass is 9.88. The summed E-state index contributed by atoms with van der Waals surface area (Å²) >= 11 is 0. The van der Waals surface area contributed by atoms with Crippen molar-refractivity contribution in [2.75, 3.05) is 0 Å². The van der Waals surface area contributed by atoms with E-state index < -0.39 is 0 Å². The molecular weight excluding hydrogens is 262 g/mol. The standard InChI is InChI=1S/C18H15NO2/c1-11-6-8-14(18(20)19-11)15-10-21-16-9-7-12-4-2-3-5-13(12)17(15)16/h2-5,7,9-10,14H,1,6,8H2,(H,19,20)/t14-/m1/s1. The third kappa shape index (κ3) is 1.85. The van der Waals surface area contributed by atoms with Gasteiger partial charge in [0.15, 0.2) is 0 Å². The van der Waals surface area contributed by atoms with Gasteiger partial charge in [0.05, 0.1) is 12.2 Å². The fourth-order valence-electron chi connectivity index (χ4n) is 3.16. The Morgan fingerprint density at radius 1 is 1.19 bits per heavy atom. The van der Waals surface area contributed by atoms with Gasteiger partial charge in [-0.25, -0.2) is 0 Å². The van der Waals surface area contributed by atoms with Gasteiger partial charge in [-0.1, -0.05) is 36.9 Å². The third-order valence-electron chi connectivity index (χ3n) is 4.22. The van der Waals surface area contributed by atoms with Crippen molar-refractivity contribution in [2.45, 2.75) is 18.8 Å². The second-order valence-electron chi connectivity index (χ2n) is 5.53. The Hall–Kier alpha value is -2.55. The molecule has 0 aliphatic carbocycles. The summed E-state index contributed by atoms with van der Waals surface area (Å²) in [6.45, 7) is 3.84. The minimum absolute atomic E-state index is 0.0156. The molecule has 3 aromatic rings. The zero-order chi connectivity index (χ0) is 14.4. The topological polar surface area (TPSA) is 42.2 Å². The van der Waals surface area contributed by atoms with Gasteiger partial charge in [0.1, 0.15) is 5.58 Å². The Bertz CT molecular complexity index is 875. The number of nitrogens with one attached hydrogen (secondary N) is 1. The minimum Gasteiger partial charge on any atom is -0.464 e. The van der Waals surface area contributed by atoms with E-state index in [2.05, 4.69) is 24.0 Å². The number of piperidine rings is 1. The maximum absolute atomic E-state index is 12.3. The number of allylic oxidation sites excluding steroid dienone is 1. The molecule has 2 aromatic carbocycles. The largest absolute Gasteiger partial charge is 0.464 e. The molecule has 1 amide bonds.